The molecule has 116 valence electrons. The second-order valence-electron chi connectivity index (χ2n) is 5.44. The van der Waals surface area contributed by atoms with Gasteiger partial charge in [0.25, 0.3) is 11.4 Å². The first-order valence-corrected chi connectivity index (χ1v) is 5.86. The Morgan fingerprint density at radius 3 is 2.29 bits per heavy atom. The van der Waals surface area contributed by atoms with E-state index in [2.05, 4.69) is 0 Å². The van der Waals surface area contributed by atoms with Crippen LogP contribution in [0.2, 0.25) is 0 Å². The third-order valence-corrected chi connectivity index (χ3v) is 2.62. The minimum absolute atomic E-state index is 0.268. The molecule has 0 spiro atoms. The maximum Gasteiger partial charge on any atom is 0.425 e. The average molecular weight is 305 g/mol. The molecular formula is C12H14F3N3O3. The fourth-order valence-electron chi connectivity index (χ4n) is 1.81. The molecule has 21 heavy (non-hydrogen) atoms. The van der Waals surface area contributed by atoms with Gasteiger partial charge in [-0.3, -0.25) is 10.1 Å². The van der Waals surface area contributed by atoms with Crippen LogP contribution in [-0.4, -0.2) is 29.3 Å². The molecule has 1 heterocycles. The number of halogens is 3. The maximum absolute atomic E-state index is 13.4. The number of ether oxygens (including phenoxy) is 1. The predicted octanol–water partition coefficient (Wildman–Crippen LogP) is 1.74. The second kappa shape index (κ2) is 4.95. The highest BCUT2D eigenvalue weighted by Gasteiger charge is 2.67. The molecule has 2 amide bonds. The van der Waals surface area contributed by atoms with Gasteiger partial charge in [0.05, 0.1) is 11.6 Å². The standard InChI is InChI=1S/C12H14F3N3O3/c1-6-7(5-16)11(8(19)17-6,12(13,14)15)18-9(20)21-10(2,3)4/h1-4H3,(H,17,19)(H,18,20)/t11-/m0/s1. The van der Waals surface area contributed by atoms with Crippen LogP contribution in [0.25, 0.3) is 0 Å². The van der Waals surface area contributed by atoms with E-state index in [1.807, 2.05) is 5.32 Å². The summed E-state index contributed by atoms with van der Waals surface area (Å²) in [5, 5.41) is 12.3. The van der Waals surface area contributed by atoms with Gasteiger partial charge >= 0.3 is 12.3 Å². The number of alkyl halides is 3. The topological polar surface area (TPSA) is 91.2 Å². The van der Waals surface area contributed by atoms with Crippen molar-refractivity contribution in [2.45, 2.75) is 45.0 Å². The Bertz CT molecular complexity index is 555. The number of nitrogens with one attached hydrogen (secondary N) is 2. The summed E-state index contributed by atoms with van der Waals surface area (Å²) >= 11 is 0. The van der Waals surface area contributed by atoms with Gasteiger partial charge in [-0.05, 0) is 27.7 Å². The van der Waals surface area contributed by atoms with Crippen LogP contribution in [-0.2, 0) is 9.53 Å². The van der Waals surface area contributed by atoms with Crippen molar-refractivity contribution in [3.05, 3.63) is 11.3 Å². The molecule has 0 bridgehead atoms. The van der Waals surface area contributed by atoms with Crippen molar-refractivity contribution in [2.75, 3.05) is 0 Å². The van der Waals surface area contributed by atoms with E-state index >= 15 is 0 Å². The van der Waals surface area contributed by atoms with Crippen LogP contribution < -0.4 is 10.6 Å². The summed E-state index contributed by atoms with van der Waals surface area (Å²) in [6.07, 6.45) is -6.64. The lowest BCUT2D eigenvalue weighted by Gasteiger charge is -2.31. The zero-order valence-corrected chi connectivity index (χ0v) is 11.8. The Morgan fingerprint density at radius 1 is 1.38 bits per heavy atom. The van der Waals surface area contributed by atoms with Gasteiger partial charge in [0.1, 0.15) is 5.60 Å². The zero-order valence-electron chi connectivity index (χ0n) is 11.8. The number of alkyl carbamates (subject to hydrolysis) is 1. The quantitative estimate of drug-likeness (QED) is 0.772. The number of hydrogen-bond donors (Lipinski definition) is 2. The summed E-state index contributed by atoms with van der Waals surface area (Å²) < 4.78 is 44.8. The van der Waals surface area contributed by atoms with E-state index in [0.29, 0.717) is 0 Å². The molecule has 1 rings (SSSR count). The normalized spacial score (nSPS) is 22.7. The zero-order chi connectivity index (χ0) is 16.6. The Kier molecular flexibility index (Phi) is 3.96. The number of amides is 2. The number of hydrogen-bond acceptors (Lipinski definition) is 4. The maximum atomic E-state index is 13.4. The molecule has 1 atom stereocenters. The summed E-state index contributed by atoms with van der Waals surface area (Å²) in [5.41, 5.74) is -5.67. The van der Waals surface area contributed by atoms with Crippen molar-refractivity contribution < 1.29 is 27.5 Å². The predicted molar refractivity (Wildman–Crippen MR) is 64.6 cm³/mol. The van der Waals surface area contributed by atoms with Gasteiger partial charge in [0.2, 0.25) is 0 Å². The molecule has 0 saturated carbocycles. The SMILES string of the molecule is CC1=C(C#N)[C@@](NC(=O)OC(C)(C)C)(C(F)(F)F)C(=O)N1. The minimum atomic E-state index is -5.20. The van der Waals surface area contributed by atoms with Crippen molar-refractivity contribution in [1.82, 2.24) is 10.6 Å². The van der Waals surface area contributed by atoms with E-state index in [1.165, 1.54) is 32.2 Å². The van der Waals surface area contributed by atoms with Gasteiger partial charge in [-0.15, -0.1) is 0 Å². The molecule has 1 aliphatic heterocycles. The molecule has 6 nitrogen and oxygen atoms in total. The molecule has 1 aliphatic rings. The number of allylic oxidation sites excluding steroid dienone is 1. The summed E-state index contributed by atoms with van der Waals surface area (Å²) in [6.45, 7) is 5.50. The van der Waals surface area contributed by atoms with Crippen LogP contribution in [0, 0.1) is 11.3 Å². The molecule has 2 N–H and O–H groups in total. The van der Waals surface area contributed by atoms with Gasteiger partial charge in [0, 0.05) is 5.70 Å². The van der Waals surface area contributed by atoms with Gasteiger partial charge in [-0.1, -0.05) is 0 Å². The third-order valence-electron chi connectivity index (χ3n) is 2.62. The number of nitriles is 1. The summed E-state index contributed by atoms with van der Waals surface area (Å²) in [5.74, 6) is -1.55. The van der Waals surface area contributed by atoms with E-state index in [0.717, 1.165) is 6.92 Å². The van der Waals surface area contributed by atoms with Crippen LogP contribution in [0.15, 0.2) is 11.3 Å². The lowest BCUT2D eigenvalue weighted by Crippen LogP contribution is -2.65. The van der Waals surface area contributed by atoms with Crippen LogP contribution in [0.1, 0.15) is 27.7 Å². The Morgan fingerprint density at radius 2 is 1.90 bits per heavy atom. The summed E-state index contributed by atoms with van der Waals surface area (Å²) in [7, 11) is 0. The van der Waals surface area contributed by atoms with Gasteiger partial charge in [-0.2, -0.15) is 18.4 Å². The highest BCUT2D eigenvalue weighted by molar-refractivity contribution is 6.00. The van der Waals surface area contributed by atoms with E-state index in [4.69, 9.17) is 10.00 Å². The highest BCUT2D eigenvalue weighted by Crippen LogP contribution is 2.40. The van der Waals surface area contributed by atoms with Crippen LogP contribution in [0.3, 0.4) is 0 Å². The Hall–Kier alpha value is -2.24. The van der Waals surface area contributed by atoms with Crippen molar-refractivity contribution in [3.63, 3.8) is 0 Å². The first-order valence-electron chi connectivity index (χ1n) is 5.86. The average Bonchev–Trinajstić information content (AvgIpc) is 2.47. The van der Waals surface area contributed by atoms with Gasteiger partial charge in [0.15, 0.2) is 0 Å². The minimum Gasteiger partial charge on any atom is -0.444 e. The molecule has 9 heteroatoms. The van der Waals surface area contributed by atoms with Gasteiger partial charge in [-0.25, -0.2) is 4.79 Å². The molecule has 0 radical (unpaired) electrons. The highest BCUT2D eigenvalue weighted by atomic mass is 19.4. The summed E-state index contributed by atoms with van der Waals surface area (Å²) in [6, 6.07) is 1.32. The van der Waals surface area contributed by atoms with Crippen LogP contribution in [0.5, 0.6) is 0 Å². The Balaban J connectivity index is 3.29. The Labute approximate surface area is 118 Å². The molecule has 0 unspecified atom stereocenters. The smallest absolute Gasteiger partial charge is 0.425 e. The largest absolute Gasteiger partial charge is 0.444 e. The molecule has 0 aromatic carbocycles. The number of carbonyl (C=O) groups is 2. The number of carbonyl (C=O) groups excluding carboxylic acids is 2. The molecule has 0 saturated heterocycles. The fraction of sp³-hybridized carbons (Fsp3) is 0.583. The molecule has 0 aliphatic carbocycles. The first-order chi connectivity index (χ1) is 9.35. The number of rotatable bonds is 1. The molecule has 0 fully saturated rings. The van der Waals surface area contributed by atoms with Crippen molar-refractivity contribution in [3.8, 4) is 6.07 Å². The molecule has 0 aromatic heterocycles. The monoisotopic (exact) mass is 305 g/mol. The second-order valence-corrected chi connectivity index (χ2v) is 5.44. The van der Waals surface area contributed by atoms with E-state index in [1.54, 1.807) is 0 Å². The number of nitrogens with zero attached hydrogens (tertiary/aromatic N) is 1. The van der Waals surface area contributed by atoms with Gasteiger partial charge < -0.3 is 10.1 Å². The van der Waals surface area contributed by atoms with Crippen molar-refractivity contribution in [2.24, 2.45) is 0 Å². The third kappa shape index (κ3) is 2.94. The van der Waals surface area contributed by atoms with E-state index < -0.39 is 34.9 Å². The molecule has 0 aromatic rings. The lowest BCUT2D eigenvalue weighted by molar-refractivity contribution is -0.186. The summed E-state index contributed by atoms with van der Waals surface area (Å²) in [4.78, 5) is 23.4. The van der Waals surface area contributed by atoms with Crippen molar-refractivity contribution >= 4 is 12.0 Å². The molecular weight excluding hydrogens is 291 g/mol. The van der Waals surface area contributed by atoms with Crippen LogP contribution in [0.4, 0.5) is 18.0 Å². The van der Waals surface area contributed by atoms with E-state index in [-0.39, 0.29) is 5.70 Å². The van der Waals surface area contributed by atoms with Crippen molar-refractivity contribution in [1.29, 1.82) is 5.26 Å². The first kappa shape index (κ1) is 16.8. The fourth-order valence-corrected chi connectivity index (χ4v) is 1.81. The van der Waals surface area contributed by atoms with Crippen LogP contribution >= 0.6 is 0 Å². The van der Waals surface area contributed by atoms with E-state index in [9.17, 15) is 22.8 Å². The lowest BCUT2D eigenvalue weighted by atomic mass is 9.90.